The minimum atomic E-state index is -4.41. The van der Waals surface area contributed by atoms with Crippen LogP contribution in [0, 0.1) is 11.8 Å². The molecule has 0 saturated heterocycles. The molecule has 0 spiro atoms. The first kappa shape index (κ1) is 20.2. The van der Waals surface area contributed by atoms with Gasteiger partial charge in [0.15, 0.2) is 0 Å². The van der Waals surface area contributed by atoms with Gasteiger partial charge in [0.25, 0.3) is 0 Å². The lowest BCUT2D eigenvalue weighted by Gasteiger charge is -2.08. The molecule has 0 saturated carbocycles. The molecule has 2 rings (SSSR count). The van der Waals surface area contributed by atoms with Crippen LogP contribution < -0.4 is 15.4 Å². The largest absolute Gasteiger partial charge is 0.494 e. The van der Waals surface area contributed by atoms with E-state index in [2.05, 4.69) is 22.5 Å². The van der Waals surface area contributed by atoms with Gasteiger partial charge < -0.3 is 15.4 Å². The van der Waals surface area contributed by atoms with E-state index in [1.54, 1.807) is 0 Å². The Hall–Kier alpha value is -3.14. The summed E-state index contributed by atoms with van der Waals surface area (Å²) in [7, 11) is 0. The number of carbonyl (C=O) groups excluding carboxylic acids is 1. The van der Waals surface area contributed by atoms with Crippen molar-refractivity contribution in [3.8, 4) is 17.6 Å². The van der Waals surface area contributed by atoms with Crippen molar-refractivity contribution in [2.75, 3.05) is 13.2 Å². The van der Waals surface area contributed by atoms with Gasteiger partial charge in [0.1, 0.15) is 5.75 Å². The van der Waals surface area contributed by atoms with Gasteiger partial charge in [-0.15, -0.1) is 0 Å². The van der Waals surface area contributed by atoms with Crippen LogP contribution in [0.4, 0.5) is 18.0 Å². The van der Waals surface area contributed by atoms with Gasteiger partial charge in [-0.2, -0.15) is 13.2 Å². The van der Waals surface area contributed by atoms with Crippen molar-refractivity contribution in [2.24, 2.45) is 0 Å². The fourth-order valence-electron chi connectivity index (χ4n) is 2.20. The van der Waals surface area contributed by atoms with E-state index < -0.39 is 17.8 Å². The van der Waals surface area contributed by atoms with Crippen LogP contribution in [0.25, 0.3) is 0 Å². The number of carbonyl (C=O) groups is 1. The zero-order valence-electron chi connectivity index (χ0n) is 14.7. The quantitative estimate of drug-likeness (QED) is 0.777. The molecule has 0 atom stereocenters. The number of ether oxygens (including phenoxy) is 1. The molecule has 2 aromatic rings. The summed E-state index contributed by atoms with van der Waals surface area (Å²) in [6.07, 6.45) is -4.41. The second kappa shape index (κ2) is 9.53. The number of halogens is 3. The number of amides is 2. The molecule has 0 aliphatic rings. The molecule has 0 heterocycles. The number of urea groups is 1. The Bertz CT molecular complexity index is 839. The minimum Gasteiger partial charge on any atom is -0.494 e. The lowest BCUT2D eigenvalue weighted by atomic mass is 10.1. The van der Waals surface area contributed by atoms with Crippen LogP contribution in [0.15, 0.2) is 48.5 Å². The number of benzene rings is 2. The Morgan fingerprint density at radius 2 is 1.89 bits per heavy atom. The zero-order valence-corrected chi connectivity index (χ0v) is 14.7. The van der Waals surface area contributed by atoms with Crippen molar-refractivity contribution in [1.29, 1.82) is 0 Å². The molecule has 0 fully saturated rings. The summed E-state index contributed by atoms with van der Waals surface area (Å²) in [6, 6.07) is 11.7. The van der Waals surface area contributed by atoms with E-state index in [-0.39, 0.29) is 12.1 Å². The molecule has 142 valence electrons. The lowest BCUT2D eigenvalue weighted by molar-refractivity contribution is -0.137. The predicted octanol–water partition coefficient (Wildman–Crippen LogP) is 3.96. The highest BCUT2D eigenvalue weighted by molar-refractivity contribution is 5.74. The monoisotopic (exact) mass is 376 g/mol. The maximum absolute atomic E-state index is 12.6. The topological polar surface area (TPSA) is 50.4 Å². The first-order chi connectivity index (χ1) is 12.9. The smallest absolute Gasteiger partial charge is 0.416 e. The predicted molar refractivity (Wildman–Crippen MR) is 96.2 cm³/mol. The maximum atomic E-state index is 12.6. The second-order valence-corrected chi connectivity index (χ2v) is 5.50. The number of hydrogen-bond acceptors (Lipinski definition) is 2. The molecule has 7 heteroatoms. The molecule has 2 N–H and O–H groups in total. The summed E-state index contributed by atoms with van der Waals surface area (Å²) >= 11 is 0. The summed E-state index contributed by atoms with van der Waals surface area (Å²) in [5, 5.41) is 5.20. The number of nitrogens with one attached hydrogen (secondary N) is 2. The van der Waals surface area contributed by atoms with Gasteiger partial charge in [0, 0.05) is 12.1 Å². The third-order valence-electron chi connectivity index (χ3n) is 3.42. The van der Waals surface area contributed by atoms with Crippen molar-refractivity contribution in [1.82, 2.24) is 10.6 Å². The normalized spacial score (nSPS) is 10.5. The number of rotatable bonds is 5. The van der Waals surface area contributed by atoms with Gasteiger partial charge in [0.2, 0.25) is 0 Å². The average molecular weight is 376 g/mol. The first-order valence-electron chi connectivity index (χ1n) is 8.28. The van der Waals surface area contributed by atoms with Crippen LogP contribution in [0.1, 0.15) is 23.6 Å². The third kappa shape index (κ3) is 6.94. The lowest BCUT2D eigenvalue weighted by Crippen LogP contribution is -2.35. The van der Waals surface area contributed by atoms with E-state index in [9.17, 15) is 18.0 Å². The van der Waals surface area contributed by atoms with Crippen LogP contribution in [-0.2, 0) is 12.7 Å². The highest BCUT2D eigenvalue weighted by Gasteiger charge is 2.30. The van der Waals surface area contributed by atoms with Crippen LogP contribution in [-0.4, -0.2) is 19.2 Å². The van der Waals surface area contributed by atoms with Gasteiger partial charge >= 0.3 is 12.2 Å². The van der Waals surface area contributed by atoms with E-state index in [4.69, 9.17) is 4.74 Å². The summed E-state index contributed by atoms with van der Waals surface area (Å²) in [4.78, 5) is 11.8. The highest BCUT2D eigenvalue weighted by atomic mass is 19.4. The molecule has 27 heavy (non-hydrogen) atoms. The molecule has 2 aromatic carbocycles. The summed E-state index contributed by atoms with van der Waals surface area (Å²) in [5.74, 6) is 5.95. The van der Waals surface area contributed by atoms with Crippen LogP contribution in [0.5, 0.6) is 5.75 Å². The van der Waals surface area contributed by atoms with Crippen molar-refractivity contribution in [3.63, 3.8) is 0 Å². The fraction of sp³-hybridized carbons (Fsp3) is 0.250. The molecule has 0 aliphatic carbocycles. The van der Waals surface area contributed by atoms with Crippen molar-refractivity contribution in [3.05, 3.63) is 65.2 Å². The van der Waals surface area contributed by atoms with Gasteiger partial charge in [-0.05, 0) is 42.8 Å². The van der Waals surface area contributed by atoms with Gasteiger partial charge in [-0.3, -0.25) is 0 Å². The second-order valence-electron chi connectivity index (χ2n) is 5.50. The molecular weight excluding hydrogens is 357 g/mol. The minimum absolute atomic E-state index is 0.0149. The Kier molecular flexibility index (Phi) is 7.12. The molecule has 4 nitrogen and oxygen atoms in total. The van der Waals surface area contributed by atoms with Crippen molar-refractivity contribution >= 4 is 6.03 Å². The third-order valence-corrected chi connectivity index (χ3v) is 3.42. The Labute approximate surface area is 155 Å². The molecule has 0 unspecified atom stereocenters. The number of alkyl halides is 3. The molecule has 0 aromatic heterocycles. The summed E-state index contributed by atoms with van der Waals surface area (Å²) in [6.45, 7) is 2.77. The average Bonchev–Trinajstić information content (AvgIpc) is 2.64. The van der Waals surface area contributed by atoms with Gasteiger partial charge in [-0.1, -0.05) is 30.0 Å². The Morgan fingerprint density at radius 3 is 2.63 bits per heavy atom. The van der Waals surface area contributed by atoms with E-state index >= 15 is 0 Å². The zero-order chi connectivity index (χ0) is 19.7. The van der Waals surface area contributed by atoms with Crippen molar-refractivity contribution < 1.29 is 22.7 Å². The van der Waals surface area contributed by atoms with Crippen LogP contribution in [0.2, 0.25) is 0 Å². The number of hydrogen-bond donors (Lipinski definition) is 2. The van der Waals surface area contributed by atoms with Crippen molar-refractivity contribution in [2.45, 2.75) is 19.6 Å². The van der Waals surface area contributed by atoms with Crippen LogP contribution >= 0.6 is 0 Å². The van der Waals surface area contributed by atoms with Gasteiger partial charge in [0.05, 0.1) is 18.7 Å². The highest BCUT2D eigenvalue weighted by Crippen LogP contribution is 2.29. The standard InChI is InChI=1S/C20H19F3N2O2/c1-2-27-18-10-4-7-16(13-18)14-25-19(26)24-11-5-8-15-6-3-9-17(12-15)20(21,22)23/h3-4,6-7,9-10,12-13H,2,11,14H2,1H3,(H2,24,25,26). The molecule has 0 aliphatic heterocycles. The first-order valence-corrected chi connectivity index (χ1v) is 8.28. The SMILES string of the molecule is CCOc1cccc(CNC(=O)NCC#Cc2cccc(C(F)(F)F)c2)c1. The van der Waals surface area contributed by atoms with E-state index in [1.807, 2.05) is 31.2 Å². The fourth-order valence-corrected chi connectivity index (χ4v) is 2.20. The van der Waals surface area contributed by atoms with Gasteiger partial charge in [-0.25, -0.2) is 4.79 Å². The Morgan fingerprint density at radius 1 is 1.11 bits per heavy atom. The van der Waals surface area contributed by atoms with Crippen LogP contribution in [0.3, 0.4) is 0 Å². The Balaban J connectivity index is 1.80. The molecule has 0 bridgehead atoms. The summed E-state index contributed by atoms with van der Waals surface area (Å²) < 4.78 is 43.3. The van der Waals surface area contributed by atoms with E-state index in [1.165, 1.54) is 12.1 Å². The summed E-state index contributed by atoms with van der Waals surface area (Å²) in [5.41, 5.74) is 0.361. The molecular formula is C20H19F3N2O2. The van der Waals surface area contributed by atoms with E-state index in [0.29, 0.717) is 13.2 Å². The molecule has 0 radical (unpaired) electrons. The maximum Gasteiger partial charge on any atom is 0.416 e. The molecule has 2 amide bonds. The van der Waals surface area contributed by atoms with E-state index in [0.717, 1.165) is 23.4 Å².